The normalized spacial score (nSPS) is 19.8. The molecule has 1 aromatic carbocycles. The number of aryl methyl sites for hydroxylation is 1. The third-order valence-corrected chi connectivity index (χ3v) is 4.32. The molecule has 1 aromatic heterocycles. The summed E-state index contributed by atoms with van der Waals surface area (Å²) in [6.45, 7) is 7.38. The summed E-state index contributed by atoms with van der Waals surface area (Å²) in [5, 5.41) is 0. The summed E-state index contributed by atoms with van der Waals surface area (Å²) in [7, 11) is 0. The number of benzene rings is 1. The second kappa shape index (κ2) is 7.40. The van der Waals surface area contributed by atoms with Gasteiger partial charge in [0.15, 0.2) is 11.7 Å². The molecule has 0 radical (unpaired) electrons. The van der Waals surface area contributed by atoms with E-state index in [1.54, 1.807) is 6.20 Å². The zero-order valence-corrected chi connectivity index (χ0v) is 15.2. The van der Waals surface area contributed by atoms with Crippen molar-refractivity contribution in [3.05, 3.63) is 42.4 Å². The second-order valence-electron chi connectivity index (χ2n) is 7.30. The highest BCUT2D eigenvalue weighted by Gasteiger charge is 2.33. The maximum Gasteiger partial charge on any atom is 0.222 e. The molecular weight excluding hydrogens is 316 g/mol. The number of ether oxygens (including phenoxy) is 1. The van der Waals surface area contributed by atoms with E-state index in [4.69, 9.17) is 9.15 Å². The van der Waals surface area contributed by atoms with Crippen LogP contribution in [0, 0.1) is 0 Å². The van der Waals surface area contributed by atoms with Crippen LogP contribution in [0.2, 0.25) is 0 Å². The van der Waals surface area contributed by atoms with Crippen molar-refractivity contribution in [2.45, 2.75) is 51.7 Å². The standard InChI is InChI=1S/C20H26N2O3/c1-15-13-22(14-20(2,3)25-15)19(23)11-7-10-18-21-12-17(24-18)16-8-5-4-6-9-16/h4-6,8-9,12,15H,7,10-11,13-14H2,1-3H3/t15-/m0/s1. The van der Waals surface area contributed by atoms with Gasteiger partial charge in [0.1, 0.15) is 0 Å². The van der Waals surface area contributed by atoms with Gasteiger partial charge in [0.2, 0.25) is 5.91 Å². The van der Waals surface area contributed by atoms with E-state index in [1.165, 1.54) is 0 Å². The fraction of sp³-hybridized carbons (Fsp3) is 0.500. The molecule has 0 aliphatic carbocycles. The van der Waals surface area contributed by atoms with Gasteiger partial charge >= 0.3 is 0 Å². The number of nitrogens with zero attached hydrogens (tertiary/aromatic N) is 2. The van der Waals surface area contributed by atoms with E-state index in [1.807, 2.05) is 56.0 Å². The Hall–Kier alpha value is -2.14. The van der Waals surface area contributed by atoms with Gasteiger partial charge in [-0.05, 0) is 27.2 Å². The fourth-order valence-electron chi connectivity index (χ4n) is 3.35. The number of aromatic nitrogens is 1. The maximum atomic E-state index is 12.5. The van der Waals surface area contributed by atoms with E-state index in [9.17, 15) is 4.79 Å². The van der Waals surface area contributed by atoms with Crippen molar-refractivity contribution in [3.63, 3.8) is 0 Å². The number of hydrogen-bond acceptors (Lipinski definition) is 4. The molecule has 3 rings (SSSR count). The molecule has 1 aliphatic heterocycles. The molecule has 1 aliphatic rings. The molecule has 1 atom stereocenters. The van der Waals surface area contributed by atoms with Crippen LogP contribution in [0.15, 0.2) is 40.9 Å². The van der Waals surface area contributed by atoms with Crippen LogP contribution in [0.25, 0.3) is 11.3 Å². The number of carbonyl (C=O) groups excluding carboxylic acids is 1. The van der Waals surface area contributed by atoms with Crippen molar-refractivity contribution in [3.8, 4) is 11.3 Å². The van der Waals surface area contributed by atoms with Crippen LogP contribution in [-0.2, 0) is 16.0 Å². The zero-order chi connectivity index (χ0) is 17.9. The maximum absolute atomic E-state index is 12.5. The van der Waals surface area contributed by atoms with E-state index in [0.29, 0.717) is 31.8 Å². The van der Waals surface area contributed by atoms with Gasteiger partial charge < -0.3 is 14.1 Å². The first-order chi connectivity index (χ1) is 11.9. The molecular formula is C20H26N2O3. The average molecular weight is 342 g/mol. The van der Waals surface area contributed by atoms with Crippen molar-refractivity contribution in [1.29, 1.82) is 0 Å². The lowest BCUT2D eigenvalue weighted by Gasteiger charge is -2.41. The topological polar surface area (TPSA) is 55.6 Å². The molecule has 0 saturated carbocycles. The van der Waals surface area contributed by atoms with Crippen LogP contribution >= 0.6 is 0 Å². The van der Waals surface area contributed by atoms with Crippen LogP contribution in [-0.4, -0.2) is 40.6 Å². The minimum Gasteiger partial charge on any atom is -0.441 e. The van der Waals surface area contributed by atoms with Gasteiger partial charge in [-0.25, -0.2) is 4.98 Å². The highest BCUT2D eigenvalue weighted by atomic mass is 16.5. The minimum absolute atomic E-state index is 0.0767. The molecule has 134 valence electrons. The molecule has 0 N–H and O–H groups in total. The Balaban J connectivity index is 1.50. The van der Waals surface area contributed by atoms with Gasteiger partial charge in [-0.1, -0.05) is 30.3 Å². The molecule has 1 saturated heterocycles. The summed E-state index contributed by atoms with van der Waals surface area (Å²) in [4.78, 5) is 18.7. The molecule has 2 heterocycles. The number of amides is 1. The van der Waals surface area contributed by atoms with Crippen molar-refractivity contribution in [2.24, 2.45) is 0 Å². The monoisotopic (exact) mass is 342 g/mol. The molecule has 25 heavy (non-hydrogen) atoms. The van der Waals surface area contributed by atoms with Crippen LogP contribution in [0.3, 0.4) is 0 Å². The number of carbonyl (C=O) groups is 1. The molecule has 1 fully saturated rings. The van der Waals surface area contributed by atoms with Crippen LogP contribution in [0.5, 0.6) is 0 Å². The van der Waals surface area contributed by atoms with Gasteiger partial charge in [-0.2, -0.15) is 0 Å². The summed E-state index contributed by atoms with van der Waals surface area (Å²) in [6, 6.07) is 9.91. The lowest BCUT2D eigenvalue weighted by atomic mass is 10.0. The number of morpholine rings is 1. The molecule has 2 aromatic rings. The molecule has 0 spiro atoms. The predicted molar refractivity (Wildman–Crippen MR) is 96.1 cm³/mol. The van der Waals surface area contributed by atoms with Gasteiger partial charge in [0.25, 0.3) is 0 Å². The quantitative estimate of drug-likeness (QED) is 0.831. The lowest BCUT2D eigenvalue weighted by molar-refractivity contribution is -0.158. The van der Waals surface area contributed by atoms with E-state index in [0.717, 1.165) is 17.7 Å². The molecule has 1 amide bonds. The Labute approximate surface area is 149 Å². The summed E-state index contributed by atoms with van der Waals surface area (Å²) in [5.74, 6) is 1.63. The van der Waals surface area contributed by atoms with Crippen molar-refractivity contribution in [2.75, 3.05) is 13.1 Å². The summed E-state index contributed by atoms with van der Waals surface area (Å²) < 4.78 is 11.6. The number of rotatable bonds is 5. The smallest absolute Gasteiger partial charge is 0.222 e. The third-order valence-electron chi connectivity index (χ3n) is 4.32. The van der Waals surface area contributed by atoms with E-state index < -0.39 is 0 Å². The largest absolute Gasteiger partial charge is 0.441 e. The summed E-state index contributed by atoms with van der Waals surface area (Å²) in [5.41, 5.74) is 0.738. The van der Waals surface area contributed by atoms with Crippen molar-refractivity contribution < 1.29 is 13.9 Å². The van der Waals surface area contributed by atoms with Gasteiger partial charge in [-0.3, -0.25) is 4.79 Å². The SMILES string of the molecule is C[C@H]1CN(C(=O)CCCc2ncc(-c3ccccc3)o2)CC(C)(C)O1. The van der Waals surface area contributed by atoms with E-state index in [2.05, 4.69) is 4.98 Å². The third kappa shape index (κ3) is 4.69. The second-order valence-corrected chi connectivity index (χ2v) is 7.30. The molecule has 5 nitrogen and oxygen atoms in total. The van der Waals surface area contributed by atoms with Crippen molar-refractivity contribution in [1.82, 2.24) is 9.88 Å². The Morgan fingerprint density at radius 3 is 2.80 bits per heavy atom. The zero-order valence-electron chi connectivity index (χ0n) is 15.2. The average Bonchev–Trinajstić information content (AvgIpc) is 3.02. The first-order valence-corrected chi connectivity index (χ1v) is 8.89. The summed E-state index contributed by atoms with van der Waals surface area (Å²) in [6.07, 6.45) is 3.74. The lowest BCUT2D eigenvalue weighted by Crippen LogP contribution is -2.53. The van der Waals surface area contributed by atoms with E-state index in [-0.39, 0.29) is 17.6 Å². The van der Waals surface area contributed by atoms with Crippen LogP contribution in [0.4, 0.5) is 0 Å². The first-order valence-electron chi connectivity index (χ1n) is 8.89. The Morgan fingerprint density at radius 1 is 1.32 bits per heavy atom. The first kappa shape index (κ1) is 17.7. The van der Waals surface area contributed by atoms with Crippen LogP contribution < -0.4 is 0 Å². The molecule has 0 bridgehead atoms. The highest BCUT2D eigenvalue weighted by Crippen LogP contribution is 2.23. The van der Waals surface area contributed by atoms with Gasteiger partial charge in [-0.15, -0.1) is 0 Å². The minimum atomic E-state index is -0.277. The molecule has 5 heteroatoms. The Morgan fingerprint density at radius 2 is 2.08 bits per heavy atom. The van der Waals surface area contributed by atoms with Gasteiger partial charge in [0, 0.05) is 31.5 Å². The summed E-state index contributed by atoms with van der Waals surface area (Å²) >= 11 is 0. The number of oxazole rings is 1. The van der Waals surface area contributed by atoms with Crippen molar-refractivity contribution >= 4 is 5.91 Å². The van der Waals surface area contributed by atoms with E-state index >= 15 is 0 Å². The predicted octanol–water partition coefficient (Wildman–Crippen LogP) is 3.69. The van der Waals surface area contributed by atoms with Gasteiger partial charge in [0.05, 0.1) is 17.9 Å². The van der Waals surface area contributed by atoms with Crippen LogP contribution in [0.1, 0.15) is 39.5 Å². The molecule has 0 unspecified atom stereocenters. The highest BCUT2D eigenvalue weighted by molar-refractivity contribution is 5.76. The number of hydrogen-bond donors (Lipinski definition) is 0. The Kier molecular flexibility index (Phi) is 5.23. The fourth-order valence-corrected chi connectivity index (χ4v) is 3.35. The Bertz CT molecular complexity index is 709.